The van der Waals surface area contributed by atoms with Gasteiger partial charge in [0.1, 0.15) is 0 Å². The third-order valence-corrected chi connectivity index (χ3v) is 5.36. The fourth-order valence-electron chi connectivity index (χ4n) is 3.67. The maximum absolute atomic E-state index is 12.8. The molecule has 1 unspecified atom stereocenters. The summed E-state index contributed by atoms with van der Waals surface area (Å²) in [7, 11) is 0. The van der Waals surface area contributed by atoms with Crippen molar-refractivity contribution in [1.82, 2.24) is 0 Å². The molecule has 152 valence electrons. The molecule has 2 amide bonds. The molecular weight excluding hydrogens is 368 g/mol. The Hall–Kier alpha value is -3.02. The lowest BCUT2D eigenvalue weighted by Crippen LogP contribution is -2.28. The van der Waals surface area contributed by atoms with Crippen LogP contribution in [0.5, 0.6) is 11.5 Å². The van der Waals surface area contributed by atoms with E-state index in [1.54, 1.807) is 23.1 Å². The summed E-state index contributed by atoms with van der Waals surface area (Å²) in [6, 6.07) is 13.4. The van der Waals surface area contributed by atoms with Crippen molar-refractivity contribution in [2.24, 2.45) is 5.92 Å². The Balaban J connectivity index is 1.44. The lowest BCUT2D eigenvalue weighted by atomic mass is 10.0. The molecule has 1 fully saturated rings. The number of fused-ring (bicyclic) bond motifs is 1. The van der Waals surface area contributed by atoms with Gasteiger partial charge in [-0.05, 0) is 35.7 Å². The molecule has 0 aliphatic carbocycles. The molecule has 1 saturated heterocycles. The first-order valence-electron chi connectivity index (χ1n) is 10.1. The number of anilines is 2. The molecule has 0 aromatic heterocycles. The maximum Gasteiger partial charge on any atom is 0.229 e. The summed E-state index contributed by atoms with van der Waals surface area (Å²) in [5.41, 5.74) is 2.68. The third-order valence-electron chi connectivity index (χ3n) is 5.36. The predicted molar refractivity (Wildman–Crippen MR) is 112 cm³/mol. The van der Waals surface area contributed by atoms with Crippen LogP contribution >= 0.6 is 0 Å². The van der Waals surface area contributed by atoms with E-state index >= 15 is 0 Å². The van der Waals surface area contributed by atoms with E-state index in [0.29, 0.717) is 42.9 Å². The van der Waals surface area contributed by atoms with Crippen LogP contribution in [-0.2, 0) is 9.59 Å². The number of benzene rings is 2. The van der Waals surface area contributed by atoms with Gasteiger partial charge in [0.2, 0.25) is 11.8 Å². The molecule has 6 heteroatoms. The van der Waals surface area contributed by atoms with Gasteiger partial charge in [-0.25, -0.2) is 0 Å². The Morgan fingerprint density at radius 1 is 1.10 bits per heavy atom. The molecule has 29 heavy (non-hydrogen) atoms. The molecule has 6 nitrogen and oxygen atoms in total. The number of hydrogen-bond acceptors (Lipinski definition) is 4. The number of carbonyl (C=O) groups is 2. The molecule has 1 N–H and O–H groups in total. The predicted octanol–water partition coefficient (Wildman–Crippen LogP) is 3.96. The first kappa shape index (κ1) is 19.3. The summed E-state index contributed by atoms with van der Waals surface area (Å²) in [5, 5.41) is 2.92. The monoisotopic (exact) mass is 394 g/mol. The largest absolute Gasteiger partial charge is 0.490 e. The van der Waals surface area contributed by atoms with Gasteiger partial charge in [-0.15, -0.1) is 0 Å². The average Bonchev–Trinajstić information content (AvgIpc) is 2.95. The highest BCUT2D eigenvalue weighted by Crippen LogP contribution is 2.33. The van der Waals surface area contributed by atoms with E-state index in [1.165, 1.54) is 5.56 Å². The van der Waals surface area contributed by atoms with E-state index in [4.69, 9.17) is 9.47 Å². The topological polar surface area (TPSA) is 67.9 Å². The van der Waals surface area contributed by atoms with Gasteiger partial charge < -0.3 is 19.7 Å². The molecule has 2 heterocycles. The van der Waals surface area contributed by atoms with Crippen molar-refractivity contribution in [3.8, 4) is 11.5 Å². The number of nitrogens with zero attached hydrogens (tertiary/aromatic N) is 1. The standard InChI is InChI=1S/C23H26N2O4/c1-15(2)16-5-3-6-19(11-16)25-14-17(12-22(25)26)23(27)24-18-7-8-20-21(13-18)29-10-4-9-28-20/h3,5-8,11,13,15,17H,4,9-10,12,14H2,1-2H3,(H,24,27). The van der Waals surface area contributed by atoms with E-state index in [1.807, 2.05) is 18.2 Å². The first-order chi connectivity index (χ1) is 14.0. The van der Waals surface area contributed by atoms with E-state index in [-0.39, 0.29) is 24.2 Å². The summed E-state index contributed by atoms with van der Waals surface area (Å²) in [6.45, 7) is 5.84. The molecule has 2 aromatic carbocycles. The molecule has 0 saturated carbocycles. The summed E-state index contributed by atoms with van der Waals surface area (Å²) in [4.78, 5) is 27.1. The fraction of sp³-hybridized carbons (Fsp3) is 0.391. The van der Waals surface area contributed by atoms with Crippen LogP contribution in [0.1, 0.15) is 38.2 Å². The third kappa shape index (κ3) is 4.21. The van der Waals surface area contributed by atoms with Gasteiger partial charge in [-0.2, -0.15) is 0 Å². The Morgan fingerprint density at radius 2 is 1.90 bits per heavy atom. The van der Waals surface area contributed by atoms with Crippen LogP contribution in [0.2, 0.25) is 0 Å². The second kappa shape index (κ2) is 8.15. The van der Waals surface area contributed by atoms with Crippen LogP contribution in [0.4, 0.5) is 11.4 Å². The first-order valence-corrected chi connectivity index (χ1v) is 10.1. The zero-order valence-corrected chi connectivity index (χ0v) is 16.8. The average molecular weight is 394 g/mol. The number of hydrogen-bond donors (Lipinski definition) is 1. The van der Waals surface area contributed by atoms with E-state index in [0.717, 1.165) is 12.1 Å². The minimum Gasteiger partial charge on any atom is -0.490 e. The van der Waals surface area contributed by atoms with Gasteiger partial charge in [0, 0.05) is 36.8 Å². The van der Waals surface area contributed by atoms with Crippen molar-refractivity contribution in [3.05, 3.63) is 48.0 Å². The smallest absolute Gasteiger partial charge is 0.229 e. The zero-order chi connectivity index (χ0) is 20.4. The minimum absolute atomic E-state index is 0.0234. The van der Waals surface area contributed by atoms with Gasteiger partial charge in [0.05, 0.1) is 19.1 Å². The Labute approximate surface area is 170 Å². The van der Waals surface area contributed by atoms with Gasteiger partial charge in [0.25, 0.3) is 0 Å². The zero-order valence-electron chi connectivity index (χ0n) is 16.8. The highest BCUT2D eigenvalue weighted by atomic mass is 16.5. The molecule has 4 rings (SSSR count). The number of ether oxygens (including phenoxy) is 2. The molecule has 2 aromatic rings. The maximum atomic E-state index is 12.8. The van der Waals surface area contributed by atoms with Crippen LogP contribution in [-0.4, -0.2) is 31.6 Å². The number of carbonyl (C=O) groups excluding carboxylic acids is 2. The van der Waals surface area contributed by atoms with E-state index in [2.05, 4.69) is 25.2 Å². The molecule has 0 bridgehead atoms. The molecule has 2 aliphatic rings. The van der Waals surface area contributed by atoms with Crippen molar-refractivity contribution in [2.75, 3.05) is 30.0 Å². The number of amides is 2. The molecule has 0 radical (unpaired) electrons. The van der Waals surface area contributed by atoms with Crippen molar-refractivity contribution in [2.45, 2.75) is 32.6 Å². The fourth-order valence-corrected chi connectivity index (χ4v) is 3.67. The van der Waals surface area contributed by atoms with E-state index < -0.39 is 0 Å². The van der Waals surface area contributed by atoms with Crippen molar-refractivity contribution < 1.29 is 19.1 Å². The normalized spacial score (nSPS) is 18.7. The van der Waals surface area contributed by atoms with Crippen LogP contribution < -0.4 is 19.7 Å². The minimum atomic E-state index is -0.388. The molecule has 0 spiro atoms. The van der Waals surface area contributed by atoms with Gasteiger partial charge in [-0.3, -0.25) is 9.59 Å². The van der Waals surface area contributed by atoms with Gasteiger partial charge in [-0.1, -0.05) is 26.0 Å². The van der Waals surface area contributed by atoms with E-state index in [9.17, 15) is 9.59 Å². The summed E-state index contributed by atoms with van der Waals surface area (Å²) in [5.74, 6) is 1.13. The second-order valence-electron chi connectivity index (χ2n) is 7.86. The van der Waals surface area contributed by atoms with Crippen LogP contribution in [0.25, 0.3) is 0 Å². The lowest BCUT2D eigenvalue weighted by molar-refractivity contribution is -0.122. The Morgan fingerprint density at radius 3 is 2.69 bits per heavy atom. The summed E-state index contributed by atoms with van der Waals surface area (Å²) in [6.07, 6.45) is 1.04. The molecule has 1 atom stereocenters. The van der Waals surface area contributed by atoms with Crippen LogP contribution in [0.15, 0.2) is 42.5 Å². The Bertz CT molecular complexity index is 925. The number of nitrogens with one attached hydrogen (secondary N) is 1. The summed E-state index contributed by atoms with van der Waals surface area (Å²) >= 11 is 0. The molecular formula is C23H26N2O4. The summed E-state index contributed by atoms with van der Waals surface area (Å²) < 4.78 is 11.3. The highest BCUT2D eigenvalue weighted by molar-refractivity contribution is 6.03. The lowest BCUT2D eigenvalue weighted by Gasteiger charge is -2.18. The SMILES string of the molecule is CC(C)c1cccc(N2CC(C(=O)Nc3ccc4c(c3)OCCCO4)CC2=O)c1. The van der Waals surface area contributed by atoms with Crippen LogP contribution in [0.3, 0.4) is 0 Å². The van der Waals surface area contributed by atoms with Crippen molar-refractivity contribution in [1.29, 1.82) is 0 Å². The molecule has 2 aliphatic heterocycles. The van der Waals surface area contributed by atoms with Gasteiger partial charge >= 0.3 is 0 Å². The van der Waals surface area contributed by atoms with Gasteiger partial charge in [0.15, 0.2) is 11.5 Å². The van der Waals surface area contributed by atoms with Crippen LogP contribution in [0, 0.1) is 5.92 Å². The number of rotatable bonds is 4. The Kier molecular flexibility index (Phi) is 5.43. The van der Waals surface area contributed by atoms with Crippen molar-refractivity contribution >= 4 is 23.2 Å². The quantitative estimate of drug-likeness (QED) is 0.852. The second-order valence-corrected chi connectivity index (χ2v) is 7.86. The van der Waals surface area contributed by atoms with Crippen molar-refractivity contribution in [3.63, 3.8) is 0 Å². The highest BCUT2D eigenvalue weighted by Gasteiger charge is 2.35.